The third kappa shape index (κ3) is 4.58. The minimum absolute atomic E-state index is 0.297. The predicted octanol–water partition coefficient (Wildman–Crippen LogP) is 3.29. The van der Waals surface area contributed by atoms with Gasteiger partial charge in [0, 0.05) is 18.9 Å². The molecule has 1 unspecified atom stereocenters. The minimum atomic E-state index is -3.37. The van der Waals surface area contributed by atoms with Gasteiger partial charge >= 0.3 is 0 Å². The number of benzene rings is 1. The van der Waals surface area contributed by atoms with E-state index in [2.05, 4.69) is 29.8 Å². The van der Waals surface area contributed by atoms with Gasteiger partial charge in [0.25, 0.3) is 0 Å². The van der Waals surface area contributed by atoms with E-state index < -0.39 is 10.0 Å². The van der Waals surface area contributed by atoms with Crippen LogP contribution < -0.4 is 0 Å². The number of hydrogen-bond acceptors (Lipinski definition) is 2. The van der Waals surface area contributed by atoms with Crippen molar-refractivity contribution in [1.29, 1.82) is 0 Å². The van der Waals surface area contributed by atoms with Crippen LogP contribution in [0.4, 0.5) is 0 Å². The Bertz CT molecular complexity index is 512. The molecule has 0 spiro atoms. The fourth-order valence-electron chi connectivity index (χ4n) is 1.95. The zero-order chi connectivity index (χ0) is 14.6. The Morgan fingerprint density at radius 1 is 1.21 bits per heavy atom. The van der Waals surface area contributed by atoms with Crippen molar-refractivity contribution in [1.82, 2.24) is 4.31 Å². The number of sulfonamides is 1. The van der Waals surface area contributed by atoms with Crippen LogP contribution in [0, 0.1) is 5.92 Å². The van der Waals surface area contributed by atoms with E-state index in [4.69, 9.17) is 0 Å². The van der Waals surface area contributed by atoms with E-state index in [1.807, 2.05) is 12.1 Å². The van der Waals surface area contributed by atoms with Crippen LogP contribution in [0.5, 0.6) is 0 Å². The summed E-state index contributed by atoms with van der Waals surface area (Å²) in [5.41, 5.74) is 0.874. The van der Waals surface area contributed by atoms with Crippen molar-refractivity contribution in [3.05, 3.63) is 29.8 Å². The standard InChI is InChI=1S/C14H22BrNO2S/c1-11(2)9-13(15)10-12-7-5-6-8-14(12)19(17,18)16(3)4/h5-8,11,13H,9-10H2,1-4H3. The van der Waals surface area contributed by atoms with Crippen LogP contribution >= 0.6 is 15.9 Å². The van der Waals surface area contributed by atoms with E-state index in [9.17, 15) is 8.42 Å². The summed E-state index contributed by atoms with van der Waals surface area (Å²) in [5.74, 6) is 0.585. The molecule has 0 aliphatic heterocycles. The fourth-order valence-corrected chi connectivity index (χ4v) is 4.18. The Labute approximate surface area is 125 Å². The summed E-state index contributed by atoms with van der Waals surface area (Å²) in [6.07, 6.45) is 1.75. The lowest BCUT2D eigenvalue weighted by atomic mass is 10.0. The maximum atomic E-state index is 12.3. The third-order valence-electron chi connectivity index (χ3n) is 2.90. The Kier molecular flexibility index (Phi) is 6.02. The van der Waals surface area contributed by atoms with Gasteiger partial charge in [0.15, 0.2) is 0 Å². The molecule has 0 heterocycles. The first-order chi connectivity index (χ1) is 8.75. The van der Waals surface area contributed by atoms with Crippen LogP contribution in [-0.2, 0) is 16.4 Å². The van der Waals surface area contributed by atoms with Crippen molar-refractivity contribution in [2.24, 2.45) is 5.92 Å². The SMILES string of the molecule is CC(C)CC(Br)Cc1ccccc1S(=O)(=O)N(C)C. The molecule has 108 valence electrons. The Balaban J connectivity index is 3.04. The second kappa shape index (κ2) is 6.86. The van der Waals surface area contributed by atoms with Gasteiger partial charge in [-0.2, -0.15) is 0 Å². The van der Waals surface area contributed by atoms with Crippen molar-refractivity contribution in [3.63, 3.8) is 0 Å². The second-order valence-electron chi connectivity index (χ2n) is 5.33. The zero-order valence-corrected chi connectivity index (χ0v) is 14.3. The first-order valence-corrected chi connectivity index (χ1v) is 8.75. The van der Waals surface area contributed by atoms with Gasteiger partial charge in [-0.15, -0.1) is 0 Å². The molecule has 0 aliphatic carbocycles. The molecule has 0 saturated heterocycles. The maximum Gasteiger partial charge on any atom is 0.242 e. The maximum absolute atomic E-state index is 12.3. The molecule has 1 rings (SSSR count). The predicted molar refractivity (Wildman–Crippen MR) is 83.2 cm³/mol. The average molecular weight is 348 g/mol. The van der Waals surface area contributed by atoms with Crippen molar-refractivity contribution in [2.75, 3.05) is 14.1 Å². The summed E-state index contributed by atoms with van der Waals surface area (Å²) >= 11 is 3.64. The van der Waals surface area contributed by atoms with Crippen LogP contribution in [0.2, 0.25) is 0 Å². The summed E-state index contributed by atoms with van der Waals surface area (Å²) in [5, 5.41) is 0. The van der Waals surface area contributed by atoms with Gasteiger partial charge in [-0.1, -0.05) is 48.0 Å². The molecule has 3 nitrogen and oxygen atoms in total. The third-order valence-corrected chi connectivity index (χ3v) is 5.51. The lowest BCUT2D eigenvalue weighted by Gasteiger charge is -2.17. The van der Waals surface area contributed by atoms with E-state index in [1.165, 1.54) is 4.31 Å². The molecule has 1 atom stereocenters. The van der Waals surface area contributed by atoms with Gasteiger partial charge < -0.3 is 0 Å². The van der Waals surface area contributed by atoms with Crippen LogP contribution in [0.3, 0.4) is 0 Å². The number of nitrogens with zero attached hydrogens (tertiary/aromatic N) is 1. The smallest absolute Gasteiger partial charge is 0.207 e. The lowest BCUT2D eigenvalue weighted by molar-refractivity contribution is 0.518. The van der Waals surface area contributed by atoms with E-state index in [0.29, 0.717) is 15.6 Å². The van der Waals surface area contributed by atoms with Crippen molar-refractivity contribution < 1.29 is 8.42 Å². The summed E-state index contributed by atoms with van der Waals surface area (Å²) in [4.78, 5) is 0.708. The number of halogens is 1. The summed E-state index contributed by atoms with van der Waals surface area (Å²) in [7, 11) is -0.246. The van der Waals surface area contributed by atoms with Crippen molar-refractivity contribution >= 4 is 26.0 Å². The first-order valence-electron chi connectivity index (χ1n) is 6.39. The lowest BCUT2D eigenvalue weighted by Crippen LogP contribution is -2.24. The molecule has 1 aromatic carbocycles. The summed E-state index contributed by atoms with van der Waals surface area (Å²) in [6, 6.07) is 7.23. The fraction of sp³-hybridized carbons (Fsp3) is 0.571. The van der Waals surface area contributed by atoms with Gasteiger partial charge in [-0.05, 0) is 30.4 Å². The van der Waals surface area contributed by atoms with Gasteiger partial charge in [-0.25, -0.2) is 12.7 Å². The van der Waals surface area contributed by atoms with Gasteiger partial charge in [-0.3, -0.25) is 0 Å². The average Bonchev–Trinajstić information content (AvgIpc) is 2.27. The van der Waals surface area contributed by atoms with Crippen LogP contribution in [0.25, 0.3) is 0 Å². The highest BCUT2D eigenvalue weighted by Crippen LogP contribution is 2.24. The normalized spacial score (nSPS) is 14.1. The number of alkyl halides is 1. The van der Waals surface area contributed by atoms with Gasteiger partial charge in [0.05, 0.1) is 4.90 Å². The minimum Gasteiger partial charge on any atom is -0.207 e. The van der Waals surface area contributed by atoms with Crippen molar-refractivity contribution in [2.45, 2.75) is 36.4 Å². The quantitative estimate of drug-likeness (QED) is 0.740. The van der Waals surface area contributed by atoms with Gasteiger partial charge in [0.2, 0.25) is 10.0 Å². The topological polar surface area (TPSA) is 37.4 Å². The molecule has 0 saturated carbocycles. The van der Waals surface area contributed by atoms with Crippen LogP contribution in [0.15, 0.2) is 29.2 Å². The van der Waals surface area contributed by atoms with Crippen molar-refractivity contribution in [3.8, 4) is 0 Å². The highest BCUT2D eigenvalue weighted by molar-refractivity contribution is 9.09. The number of hydrogen-bond donors (Lipinski definition) is 0. The Morgan fingerprint density at radius 2 is 1.79 bits per heavy atom. The molecule has 19 heavy (non-hydrogen) atoms. The molecular formula is C14H22BrNO2S. The zero-order valence-electron chi connectivity index (χ0n) is 11.9. The van der Waals surface area contributed by atoms with E-state index in [1.54, 1.807) is 26.2 Å². The molecule has 0 bridgehead atoms. The van der Waals surface area contributed by atoms with Crippen LogP contribution in [-0.4, -0.2) is 31.6 Å². The van der Waals surface area contributed by atoms with E-state index >= 15 is 0 Å². The second-order valence-corrected chi connectivity index (χ2v) is 8.74. The summed E-state index contributed by atoms with van der Waals surface area (Å²) in [6.45, 7) is 4.33. The molecule has 5 heteroatoms. The van der Waals surface area contributed by atoms with Crippen LogP contribution in [0.1, 0.15) is 25.8 Å². The van der Waals surface area contributed by atoms with E-state index in [-0.39, 0.29) is 0 Å². The highest BCUT2D eigenvalue weighted by Gasteiger charge is 2.21. The monoisotopic (exact) mass is 347 g/mol. The molecule has 1 aromatic rings. The molecule has 0 aliphatic rings. The highest BCUT2D eigenvalue weighted by atomic mass is 79.9. The number of rotatable bonds is 6. The Morgan fingerprint density at radius 3 is 2.32 bits per heavy atom. The molecule has 0 N–H and O–H groups in total. The molecule has 0 aromatic heterocycles. The molecule has 0 amide bonds. The molecular weight excluding hydrogens is 326 g/mol. The Hall–Kier alpha value is -0.390. The molecule has 0 fully saturated rings. The van der Waals surface area contributed by atoms with Gasteiger partial charge in [0.1, 0.15) is 0 Å². The van der Waals surface area contributed by atoms with E-state index in [0.717, 1.165) is 18.4 Å². The largest absolute Gasteiger partial charge is 0.242 e. The summed E-state index contributed by atoms with van der Waals surface area (Å²) < 4.78 is 25.8. The first kappa shape index (κ1) is 16.7. The molecule has 0 radical (unpaired) electrons.